The number of methoxy groups -OCH3 is 1. The largest absolute Gasteiger partial charge is 0.383 e. The second-order valence-electron chi connectivity index (χ2n) is 7.05. The fourth-order valence-corrected chi connectivity index (χ4v) is 5.72. The summed E-state index contributed by atoms with van der Waals surface area (Å²) in [5.41, 5.74) is 1.20. The summed E-state index contributed by atoms with van der Waals surface area (Å²) in [5, 5.41) is 3.76. The first kappa shape index (κ1) is 21.0. The average Bonchev–Trinajstić information content (AvgIpc) is 3.12. The van der Waals surface area contributed by atoms with Crippen molar-refractivity contribution in [2.45, 2.75) is 37.4 Å². The maximum absolute atomic E-state index is 13.8. The van der Waals surface area contributed by atoms with Gasteiger partial charge in [-0.25, -0.2) is 9.37 Å². The molecule has 0 spiro atoms. The second kappa shape index (κ2) is 9.28. The van der Waals surface area contributed by atoms with Gasteiger partial charge >= 0.3 is 0 Å². The Morgan fingerprint density at radius 2 is 2.13 bits per heavy atom. The second-order valence-corrected chi connectivity index (χ2v) is 9.08. The Bertz CT molecular complexity index is 1140. The summed E-state index contributed by atoms with van der Waals surface area (Å²) in [6.45, 7) is 0.731. The minimum atomic E-state index is -0.489. The number of carbonyl (C=O) groups is 1. The van der Waals surface area contributed by atoms with Crippen molar-refractivity contribution in [3.63, 3.8) is 0 Å². The van der Waals surface area contributed by atoms with Crippen molar-refractivity contribution in [1.82, 2.24) is 9.55 Å². The summed E-state index contributed by atoms with van der Waals surface area (Å²) in [4.78, 5) is 32.3. The van der Waals surface area contributed by atoms with Crippen molar-refractivity contribution < 1.29 is 13.9 Å². The van der Waals surface area contributed by atoms with Crippen LogP contribution in [0.15, 0.2) is 34.2 Å². The standard InChI is InChI=1S/C21H22FN3O3S2/c1-28-11-10-25-20(27)18-13-6-2-5-9-16(13)30-19(18)24-21(25)29-12-17(26)23-15-8-4-3-7-14(15)22/h3-4,7-8H,2,5-6,9-12H2,1H3,(H,23,26). The maximum Gasteiger partial charge on any atom is 0.263 e. The SMILES string of the molecule is COCCn1c(SCC(=O)Nc2ccccc2F)nc2sc3c(c2c1=O)CCCC3. The van der Waals surface area contributed by atoms with Crippen molar-refractivity contribution in [3.05, 3.63) is 50.9 Å². The molecule has 158 valence electrons. The lowest BCUT2D eigenvalue weighted by molar-refractivity contribution is -0.113. The number of thioether (sulfide) groups is 1. The molecule has 0 aliphatic heterocycles. The first-order valence-corrected chi connectivity index (χ1v) is 11.6. The van der Waals surface area contributed by atoms with Gasteiger partial charge in [0.1, 0.15) is 10.6 Å². The van der Waals surface area contributed by atoms with Crippen LogP contribution in [0.3, 0.4) is 0 Å². The highest BCUT2D eigenvalue weighted by molar-refractivity contribution is 7.99. The van der Waals surface area contributed by atoms with Crippen molar-refractivity contribution in [1.29, 1.82) is 0 Å². The van der Waals surface area contributed by atoms with E-state index in [1.54, 1.807) is 35.1 Å². The lowest BCUT2D eigenvalue weighted by atomic mass is 9.97. The zero-order valence-electron chi connectivity index (χ0n) is 16.6. The van der Waals surface area contributed by atoms with Gasteiger partial charge in [0, 0.05) is 12.0 Å². The van der Waals surface area contributed by atoms with Gasteiger partial charge in [-0.05, 0) is 43.4 Å². The highest BCUT2D eigenvalue weighted by Gasteiger charge is 2.22. The molecular weight excluding hydrogens is 425 g/mol. The number of rotatable bonds is 7. The third kappa shape index (κ3) is 4.28. The van der Waals surface area contributed by atoms with Gasteiger partial charge in [0.05, 0.1) is 30.0 Å². The molecule has 4 rings (SSSR count). The molecule has 3 aromatic rings. The Labute approximate surface area is 181 Å². The molecule has 1 aliphatic carbocycles. The summed E-state index contributed by atoms with van der Waals surface area (Å²) >= 11 is 2.75. The van der Waals surface area contributed by atoms with Gasteiger partial charge in [0.15, 0.2) is 5.16 Å². The molecule has 0 saturated heterocycles. The third-order valence-electron chi connectivity index (χ3n) is 5.04. The number of ether oxygens (including phenoxy) is 1. The Balaban J connectivity index is 1.61. The van der Waals surface area contributed by atoms with Gasteiger partial charge in [-0.2, -0.15) is 0 Å². The van der Waals surface area contributed by atoms with E-state index in [4.69, 9.17) is 9.72 Å². The first-order valence-electron chi connectivity index (χ1n) is 9.79. The predicted molar refractivity (Wildman–Crippen MR) is 118 cm³/mol. The van der Waals surface area contributed by atoms with Crippen molar-refractivity contribution >= 4 is 44.9 Å². The number of aromatic nitrogens is 2. The molecule has 1 amide bonds. The minimum Gasteiger partial charge on any atom is -0.383 e. The smallest absolute Gasteiger partial charge is 0.263 e. The molecule has 0 atom stereocenters. The number of hydrogen-bond donors (Lipinski definition) is 1. The highest BCUT2D eigenvalue weighted by Crippen LogP contribution is 2.34. The van der Waals surface area contributed by atoms with E-state index in [1.807, 2.05) is 0 Å². The molecule has 1 aliphatic rings. The van der Waals surface area contributed by atoms with Crippen LogP contribution in [-0.4, -0.2) is 34.9 Å². The fourth-order valence-electron chi connectivity index (χ4n) is 3.59. The van der Waals surface area contributed by atoms with Crippen LogP contribution in [0.1, 0.15) is 23.3 Å². The Morgan fingerprint density at radius 1 is 1.33 bits per heavy atom. The number of nitrogens with one attached hydrogen (secondary N) is 1. The monoisotopic (exact) mass is 447 g/mol. The van der Waals surface area contributed by atoms with Crippen LogP contribution in [0.5, 0.6) is 0 Å². The van der Waals surface area contributed by atoms with E-state index in [0.29, 0.717) is 23.7 Å². The summed E-state index contributed by atoms with van der Waals surface area (Å²) in [6, 6.07) is 6.02. The van der Waals surface area contributed by atoms with Crippen LogP contribution in [0.4, 0.5) is 10.1 Å². The van der Waals surface area contributed by atoms with Gasteiger partial charge in [0.2, 0.25) is 5.91 Å². The number of nitrogens with zero attached hydrogens (tertiary/aromatic N) is 2. The number of aryl methyl sites for hydroxylation is 2. The molecule has 2 aromatic heterocycles. The molecule has 9 heteroatoms. The van der Waals surface area contributed by atoms with E-state index in [1.165, 1.54) is 28.8 Å². The van der Waals surface area contributed by atoms with Gasteiger partial charge in [-0.15, -0.1) is 11.3 Å². The predicted octanol–water partition coefficient (Wildman–Crippen LogP) is 3.85. The normalized spacial score (nSPS) is 13.4. The maximum atomic E-state index is 13.8. The van der Waals surface area contributed by atoms with Crippen LogP contribution in [0.2, 0.25) is 0 Å². The molecule has 1 N–H and O–H groups in total. The quantitative estimate of drug-likeness (QED) is 0.440. The van der Waals surface area contributed by atoms with Gasteiger partial charge in [-0.1, -0.05) is 23.9 Å². The number of anilines is 1. The summed E-state index contributed by atoms with van der Waals surface area (Å²) in [5.74, 6) is -0.829. The molecule has 0 bridgehead atoms. The molecular formula is C21H22FN3O3S2. The number of carbonyl (C=O) groups excluding carboxylic acids is 1. The lowest BCUT2D eigenvalue weighted by Gasteiger charge is -2.13. The van der Waals surface area contributed by atoms with E-state index in [-0.39, 0.29) is 22.9 Å². The first-order chi connectivity index (χ1) is 14.6. The van der Waals surface area contributed by atoms with Crippen LogP contribution in [0.25, 0.3) is 10.2 Å². The molecule has 30 heavy (non-hydrogen) atoms. The Kier molecular flexibility index (Phi) is 6.50. The van der Waals surface area contributed by atoms with E-state index in [9.17, 15) is 14.0 Å². The highest BCUT2D eigenvalue weighted by atomic mass is 32.2. The summed E-state index contributed by atoms with van der Waals surface area (Å²) in [6.07, 6.45) is 4.12. The molecule has 0 fully saturated rings. The van der Waals surface area contributed by atoms with E-state index in [2.05, 4.69) is 5.32 Å². The molecule has 2 heterocycles. The molecule has 0 radical (unpaired) electrons. The minimum absolute atomic E-state index is 0.0182. The van der Waals surface area contributed by atoms with Crippen LogP contribution in [0, 0.1) is 5.82 Å². The van der Waals surface area contributed by atoms with Gasteiger partial charge in [-0.3, -0.25) is 14.2 Å². The Hall–Kier alpha value is -2.23. The molecule has 6 nitrogen and oxygen atoms in total. The molecule has 0 unspecified atom stereocenters. The average molecular weight is 448 g/mol. The number of benzene rings is 1. The van der Waals surface area contributed by atoms with Crippen LogP contribution in [-0.2, 0) is 28.9 Å². The van der Waals surface area contributed by atoms with Crippen LogP contribution < -0.4 is 10.9 Å². The molecule has 1 aromatic carbocycles. The van der Waals surface area contributed by atoms with Gasteiger partial charge < -0.3 is 10.1 Å². The van der Waals surface area contributed by atoms with Crippen LogP contribution >= 0.6 is 23.1 Å². The number of para-hydroxylation sites is 1. The summed E-state index contributed by atoms with van der Waals surface area (Å²) in [7, 11) is 1.58. The zero-order chi connectivity index (χ0) is 21.1. The summed E-state index contributed by atoms with van der Waals surface area (Å²) < 4.78 is 20.5. The lowest BCUT2D eigenvalue weighted by Crippen LogP contribution is -2.26. The van der Waals surface area contributed by atoms with Crippen molar-refractivity contribution in [2.75, 3.05) is 24.8 Å². The van der Waals surface area contributed by atoms with Crippen molar-refractivity contribution in [3.8, 4) is 0 Å². The van der Waals surface area contributed by atoms with Crippen molar-refractivity contribution in [2.24, 2.45) is 0 Å². The Morgan fingerprint density at radius 3 is 2.93 bits per heavy atom. The number of hydrogen-bond acceptors (Lipinski definition) is 6. The number of halogens is 1. The number of thiophene rings is 1. The van der Waals surface area contributed by atoms with Gasteiger partial charge in [0.25, 0.3) is 5.56 Å². The van der Waals surface area contributed by atoms with E-state index < -0.39 is 5.82 Å². The van der Waals surface area contributed by atoms with E-state index in [0.717, 1.165) is 36.1 Å². The number of amides is 1. The number of fused-ring (bicyclic) bond motifs is 3. The topological polar surface area (TPSA) is 73.2 Å². The third-order valence-corrected chi connectivity index (χ3v) is 7.20. The molecule has 0 saturated carbocycles. The zero-order valence-corrected chi connectivity index (χ0v) is 18.2. The van der Waals surface area contributed by atoms with E-state index >= 15 is 0 Å². The fraction of sp³-hybridized carbons (Fsp3) is 0.381.